The van der Waals surface area contributed by atoms with Gasteiger partial charge in [-0.25, -0.2) is 0 Å². The van der Waals surface area contributed by atoms with Crippen molar-refractivity contribution in [1.29, 1.82) is 0 Å². The molecular formula is C14H13N3O2. The molecule has 1 aliphatic carbocycles. The van der Waals surface area contributed by atoms with Crippen LogP contribution >= 0.6 is 0 Å². The molecule has 1 aromatic carbocycles. The number of hydrogen-bond acceptors (Lipinski definition) is 2. The Hall–Kier alpha value is -2.44. The molecule has 1 saturated carbocycles. The van der Waals surface area contributed by atoms with Gasteiger partial charge in [0.15, 0.2) is 0 Å². The predicted molar refractivity (Wildman–Crippen MR) is 70.5 cm³/mol. The average molecular weight is 255 g/mol. The van der Waals surface area contributed by atoms with Gasteiger partial charge in [-0.2, -0.15) is 0 Å². The summed E-state index contributed by atoms with van der Waals surface area (Å²) in [5.74, 6) is 5.10. The van der Waals surface area contributed by atoms with Gasteiger partial charge in [-0.05, 0) is 36.1 Å². The second kappa shape index (κ2) is 5.47. The predicted octanol–water partition coefficient (Wildman–Crippen LogP) is 2.85. The zero-order chi connectivity index (χ0) is 13.7. The molecule has 0 radical (unpaired) electrons. The van der Waals surface area contributed by atoms with E-state index in [0.29, 0.717) is 25.8 Å². The van der Waals surface area contributed by atoms with E-state index in [4.69, 9.17) is 5.53 Å². The molecule has 2 rings (SSSR count). The van der Waals surface area contributed by atoms with Crippen LogP contribution in [0.3, 0.4) is 0 Å². The molecule has 1 N–H and O–H groups in total. The van der Waals surface area contributed by atoms with E-state index in [1.165, 1.54) is 0 Å². The molecule has 0 heterocycles. The van der Waals surface area contributed by atoms with Crippen molar-refractivity contribution in [3.05, 3.63) is 45.8 Å². The van der Waals surface area contributed by atoms with Crippen molar-refractivity contribution >= 4 is 5.97 Å². The molecule has 19 heavy (non-hydrogen) atoms. The average Bonchev–Trinajstić information content (AvgIpc) is 3.20. The molecule has 0 saturated heterocycles. The van der Waals surface area contributed by atoms with E-state index in [1.54, 1.807) is 0 Å². The third-order valence-corrected chi connectivity index (χ3v) is 3.21. The van der Waals surface area contributed by atoms with Crippen molar-refractivity contribution in [1.82, 2.24) is 0 Å². The lowest BCUT2D eigenvalue weighted by molar-refractivity contribution is -0.140. The number of carboxylic acid groups (broad SMARTS) is 1. The molecule has 1 fully saturated rings. The van der Waals surface area contributed by atoms with E-state index in [0.717, 1.165) is 11.1 Å². The maximum atomic E-state index is 11.2. The largest absolute Gasteiger partial charge is 0.481 e. The molecule has 0 aliphatic heterocycles. The highest BCUT2D eigenvalue weighted by Gasteiger charge is 2.51. The lowest BCUT2D eigenvalue weighted by Crippen LogP contribution is -2.19. The summed E-state index contributed by atoms with van der Waals surface area (Å²) in [5.41, 5.74) is 9.05. The van der Waals surface area contributed by atoms with E-state index in [1.807, 2.05) is 24.3 Å². The highest BCUT2D eigenvalue weighted by molar-refractivity contribution is 5.85. The minimum Gasteiger partial charge on any atom is -0.481 e. The topological polar surface area (TPSA) is 86.1 Å². The Bertz CT molecular complexity index is 603. The number of hydrogen-bond donors (Lipinski definition) is 1. The van der Waals surface area contributed by atoms with Crippen molar-refractivity contribution < 1.29 is 9.90 Å². The molecule has 96 valence electrons. The second-order valence-corrected chi connectivity index (χ2v) is 4.47. The van der Waals surface area contributed by atoms with Crippen LogP contribution < -0.4 is 0 Å². The molecule has 1 aliphatic rings. The number of benzene rings is 1. The minimum absolute atomic E-state index is 0.349. The van der Waals surface area contributed by atoms with Crippen LogP contribution in [0, 0.1) is 11.8 Å². The van der Waals surface area contributed by atoms with Gasteiger partial charge in [0.1, 0.15) is 0 Å². The quantitative estimate of drug-likeness (QED) is 0.295. The van der Waals surface area contributed by atoms with Gasteiger partial charge in [0, 0.05) is 23.4 Å². The Labute approximate surface area is 110 Å². The van der Waals surface area contributed by atoms with Crippen molar-refractivity contribution in [3.8, 4) is 11.8 Å². The molecule has 0 bridgehead atoms. The zero-order valence-corrected chi connectivity index (χ0v) is 10.3. The highest BCUT2D eigenvalue weighted by atomic mass is 16.4. The Morgan fingerprint density at radius 3 is 2.95 bits per heavy atom. The lowest BCUT2D eigenvalue weighted by atomic mass is 9.94. The van der Waals surface area contributed by atoms with E-state index < -0.39 is 11.4 Å². The van der Waals surface area contributed by atoms with Crippen LogP contribution in [0.2, 0.25) is 0 Å². The maximum Gasteiger partial charge on any atom is 0.314 e. The summed E-state index contributed by atoms with van der Waals surface area (Å²) in [7, 11) is 0. The van der Waals surface area contributed by atoms with Crippen molar-refractivity contribution in [3.63, 3.8) is 0 Å². The Morgan fingerprint density at radius 2 is 2.32 bits per heavy atom. The standard InChI is InChI=1S/C14H13N3O2/c15-17-16-9-2-1-4-11-5-3-6-12(10-11)14(7-8-14)13(18)19/h3,5-6,10H,2,7-9H2,(H,18,19). The van der Waals surface area contributed by atoms with E-state index in [-0.39, 0.29) is 0 Å². The first kappa shape index (κ1) is 13.0. The summed E-state index contributed by atoms with van der Waals surface area (Å²) in [5, 5.41) is 12.6. The minimum atomic E-state index is -0.763. The fourth-order valence-corrected chi connectivity index (χ4v) is 1.96. The maximum absolute atomic E-state index is 11.2. The number of rotatable bonds is 4. The highest BCUT2D eigenvalue weighted by Crippen LogP contribution is 2.48. The molecular weight excluding hydrogens is 242 g/mol. The van der Waals surface area contributed by atoms with Gasteiger partial charge >= 0.3 is 5.97 Å². The third kappa shape index (κ3) is 2.87. The summed E-state index contributed by atoms with van der Waals surface area (Å²) >= 11 is 0. The molecule has 0 atom stereocenters. The molecule has 0 spiro atoms. The van der Waals surface area contributed by atoms with Crippen LogP contribution in [0.25, 0.3) is 10.4 Å². The van der Waals surface area contributed by atoms with E-state index in [2.05, 4.69) is 21.9 Å². The first-order valence-corrected chi connectivity index (χ1v) is 6.03. The number of carboxylic acids is 1. The van der Waals surface area contributed by atoms with Gasteiger partial charge in [-0.1, -0.05) is 29.1 Å². The Balaban J connectivity index is 2.12. The molecule has 5 nitrogen and oxygen atoms in total. The van der Waals surface area contributed by atoms with Crippen molar-refractivity contribution in [2.45, 2.75) is 24.7 Å². The number of aliphatic carboxylic acids is 1. The van der Waals surface area contributed by atoms with E-state index >= 15 is 0 Å². The van der Waals surface area contributed by atoms with Gasteiger partial charge < -0.3 is 5.11 Å². The number of carbonyl (C=O) groups is 1. The van der Waals surface area contributed by atoms with Crippen LogP contribution in [-0.2, 0) is 10.2 Å². The summed E-state index contributed by atoms with van der Waals surface area (Å²) in [6.07, 6.45) is 1.88. The van der Waals surface area contributed by atoms with Crippen molar-refractivity contribution in [2.75, 3.05) is 6.54 Å². The molecule has 5 heteroatoms. The number of azide groups is 1. The summed E-state index contributed by atoms with van der Waals surface area (Å²) < 4.78 is 0. The third-order valence-electron chi connectivity index (χ3n) is 3.21. The fraction of sp³-hybridized carbons (Fsp3) is 0.357. The monoisotopic (exact) mass is 255 g/mol. The lowest BCUT2D eigenvalue weighted by Gasteiger charge is -2.09. The van der Waals surface area contributed by atoms with Crippen LogP contribution in [0.5, 0.6) is 0 Å². The van der Waals surface area contributed by atoms with Crippen molar-refractivity contribution in [2.24, 2.45) is 5.11 Å². The van der Waals surface area contributed by atoms with E-state index in [9.17, 15) is 9.90 Å². The van der Waals surface area contributed by atoms with Crippen LogP contribution in [0.15, 0.2) is 29.4 Å². The first-order chi connectivity index (χ1) is 9.19. The first-order valence-electron chi connectivity index (χ1n) is 6.03. The Morgan fingerprint density at radius 1 is 1.53 bits per heavy atom. The normalized spacial score (nSPS) is 14.7. The summed E-state index contributed by atoms with van der Waals surface area (Å²) in [6, 6.07) is 7.35. The number of nitrogens with zero attached hydrogens (tertiary/aromatic N) is 3. The smallest absolute Gasteiger partial charge is 0.314 e. The van der Waals surface area contributed by atoms with Crippen LogP contribution in [0.4, 0.5) is 0 Å². The molecule has 1 aromatic rings. The van der Waals surface area contributed by atoms with Gasteiger partial charge in [-0.15, -0.1) is 0 Å². The van der Waals surface area contributed by atoms with Gasteiger partial charge in [0.2, 0.25) is 0 Å². The molecule has 0 unspecified atom stereocenters. The van der Waals surface area contributed by atoms with Gasteiger partial charge in [-0.3, -0.25) is 4.79 Å². The summed E-state index contributed by atoms with van der Waals surface area (Å²) in [6.45, 7) is 0.349. The SMILES string of the molecule is [N-]=[N+]=NCCC#Cc1cccc(C2(C(=O)O)CC2)c1. The second-order valence-electron chi connectivity index (χ2n) is 4.47. The van der Waals surface area contributed by atoms with Gasteiger partial charge in [0.05, 0.1) is 5.41 Å². The molecule has 0 aromatic heterocycles. The van der Waals surface area contributed by atoms with Crippen LogP contribution in [0.1, 0.15) is 30.4 Å². The zero-order valence-electron chi connectivity index (χ0n) is 10.3. The van der Waals surface area contributed by atoms with Crippen LogP contribution in [-0.4, -0.2) is 17.6 Å². The Kier molecular flexibility index (Phi) is 3.74. The summed E-state index contributed by atoms with van der Waals surface area (Å²) in [4.78, 5) is 13.9. The molecule has 0 amide bonds. The fourth-order valence-electron chi connectivity index (χ4n) is 1.96. The van der Waals surface area contributed by atoms with Gasteiger partial charge in [0.25, 0.3) is 0 Å².